The van der Waals surface area contributed by atoms with Crippen LogP contribution >= 0.6 is 0 Å². The second kappa shape index (κ2) is 10.3. The van der Waals surface area contributed by atoms with E-state index in [1.165, 1.54) is 11.3 Å². The molecular weight excluding hydrogens is 472 g/mol. The van der Waals surface area contributed by atoms with Crippen molar-refractivity contribution < 1.29 is 19.5 Å². The molecule has 2 N–H and O–H groups in total. The maximum absolute atomic E-state index is 13.9. The maximum Gasteiger partial charge on any atom is 0.248 e. The molecule has 0 radical (unpaired) electrons. The zero-order valence-corrected chi connectivity index (χ0v) is 22.4. The molecule has 2 saturated carbocycles. The van der Waals surface area contributed by atoms with Crippen LogP contribution in [0.5, 0.6) is 0 Å². The Morgan fingerprint density at radius 2 is 1.81 bits per heavy atom. The highest BCUT2D eigenvalue weighted by atomic mass is 16.3. The molecule has 1 aromatic rings. The van der Waals surface area contributed by atoms with E-state index in [1.807, 2.05) is 31.9 Å². The fraction of sp³-hybridized carbons (Fsp3) is 0.815. The van der Waals surface area contributed by atoms with Crippen molar-refractivity contribution in [2.75, 3.05) is 13.1 Å². The summed E-state index contributed by atoms with van der Waals surface area (Å²) >= 11 is 0. The number of aliphatic hydroxyl groups excluding tert-OH is 1. The Bertz CT molecular complexity index is 1010. The van der Waals surface area contributed by atoms with Gasteiger partial charge in [0.15, 0.2) is 0 Å². The van der Waals surface area contributed by atoms with Gasteiger partial charge in [-0.2, -0.15) is 0 Å². The number of nitrogens with zero attached hydrogens (tertiary/aromatic N) is 5. The molecular formula is C27H42N6O4. The third-order valence-corrected chi connectivity index (χ3v) is 8.51. The molecule has 0 bridgehead atoms. The number of amides is 3. The first-order chi connectivity index (χ1) is 17.6. The molecule has 0 spiro atoms. The van der Waals surface area contributed by atoms with Gasteiger partial charge in [-0.15, -0.1) is 5.10 Å². The second-order valence-corrected chi connectivity index (χ2v) is 12.6. The molecule has 4 atom stereocenters. The van der Waals surface area contributed by atoms with Crippen LogP contribution in [0, 0.1) is 5.41 Å². The van der Waals surface area contributed by atoms with Gasteiger partial charge in [-0.1, -0.05) is 45.2 Å². The largest absolute Gasteiger partial charge is 0.391 e. The summed E-state index contributed by atoms with van der Waals surface area (Å²) in [6, 6.07) is -1.79. The van der Waals surface area contributed by atoms with Crippen molar-refractivity contribution in [3.8, 4) is 0 Å². The summed E-state index contributed by atoms with van der Waals surface area (Å²) in [6.45, 7) is 6.74. The van der Waals surface area contributed by atoms with Crippen LogP contribution in [-0.2, 0) is 14.4 Å². The van der Waals surface area contributed by atoms with Crippen LogP contribution < -0.4 is 5.32 Å². The van der Waals surface area contributed by atoms with E-state index in [2.05, 4.69) is 15.6 Å². The van der Waals surface area contributed by atoms with Gasteiger partial charge >= 0.3 is 0 Å². The number of likely N-dealkylation sites (tertiary alicyclic amines) is 2. The molecule has 0 aromatic carbocycles. The Morgan fingerprint density at radius 1 is 1.08 bits per heavy atom. The highest BCUT2D eigenvalue weighted by molar-refractivity contribution is 5.93. The monoisotopic (exact) mass is 514 g/mol. The number of carbonyl (C=O) groups excluding carboxylic acids is 3. The zero-order valence-electron chi connectivity index (χ0n) is 22.4. The van der Waals surface area contributed by atoms with E-state index in [4.69, 9.17) is 0 Å². The topological polar surface area (TPSA) is 121 Å². The average Bonchev–Trinajstić information content (AvgIpc) is 3.47. The van der Waals surface area contributed by atoms with Gasteiger partial charge < -0.3 is 20.2 Å². The molecule has 204 valence electrons. The van der Waals surface area contributed by atoms with Gasteiger partial charge in [0.25, 0.3) is 0 Å². The van der Waals surface area contributed by atoms with Crippen LogP contribution in [0.15, 0.2) is 6.20 Å². The van der Waals surface area contributed by atoms with Gasteiger partial charge in [0, 0.05) is 37.7 Å². The summed E-state index contributed by atoms with van der Waals surface area (Å²) < 4.78 is 1.63. The minimum Gasteiger partial charge on any atom is -0.391 e. The lowest BCUT2D eigenvalue weighted by Gasteiger charge is -2.40. The second-order valence-electron chi connectivity index (χ2n) is 12.6. The standard InChI is InChI=1S/C27H42N6O4/c1-27(2,3)23(33-16-21(29-30-33)17-11-12-17)26(37)32-15-19(34)14-22(32)24(35)28-20-10-7-13-31(25(20)36)18-8-5-4-6-9-18/h16-20,22-23,34H,4-15H2,1-3H3,(H,28,35)/t19-,20?,22+,23-/m1/s1. The number of aromatic nitrogens is 3. The summed E-state index contributed by atoms with van der Waals surface area (Å²) in [6.07, 6.45) is 10.4. The molecule has 1 aromatic heterocycles. The number of rotatable bonds is 6. The summed E-state index contributed by atoms with van der Waals surface area (Å²) in [7, 11) is 0. The van der Waals surface area contributed by atoms with Gasteiger partial charge in [0.05, 0.1) is 11.8 Å². The number of nitrogens with one attached hydrogen (secondary N) is 1. The molecule has 10 heteroatoms. The van der Waals surface area contributed by atoms with Crippen molar-refractivity contribution in [3.63, 3.8) is 0 Å². The third-order valence-electron chi connectivity index (χ3n) is 8.51. The highest BCUT2D eigenvalue weighted by Gasteiger charge is 2.46. The minimum atomic E-state index is -0.823. The van der Waals surface area contributed by atoms with Gasteiger partial charge in [0.2, 0.25) is 17.7 Å². The normalized spacial score (nSPS) is 28.4. The SMILES string of the molecule is CC(C)(C)[C@@H](C(=O)N1C[C@H](O)C[C@H]1C(=O)NC1CCCN(C2CCCCC2)C1=O)n1cc(C2CC2)nn1. The Balaban J connectivity index is 1.30. The third kappa shape index (κ3) is 5.54. The maximum atomic E-state index is 13.9. The van der Waals surface area contributed by atoms with Crippen molar-refractivity contribution in [2.45, 2.75) is 121 Å². The molecule has 2 saturated heterocycles. The molecule has 3 heterocycles. The number of carbonyl (C=O) groups is 3. The van der Waals surface area contributed by atoms with Gasteiger partial charge in [0.1, 0.15) is 18.1 Å². The molecule has 1 unspecified atom stereocenters. The number of aliphatic hydroxyl groups is 1. The van der Waals surface area contributed by atoms with Crippen molar-refractivity contribution >= 4 is 17.7 Å². The van der Waals surface area contributed by atoms with Crippen molar-refractivity contribution in [1.29, 1.82) is 0 Å². The van der Waals surface area contributed by atoms with Crippen LogP contribution in [-0.4, -0.2) is 84.9 Å². The predicted octanol–water partition coefficient (Wildman–Crippen LogP) is 2.14. The average molecular weight is 515 g/mol. The lowest BCUT2D eigenvalue weighted by molar-refractivity contribution is -0.146. The predicted molar refractivity (Wildman–Crippen MR) is 136 cm³/mol. The van der Waals surface area contributed by atoms with Crippen molar-refractivity contribution in [3.05, 3.63) is 11.9 Å². The van der Waals surface area contributed by atoms with Gasteiger partial charge in [-0.25, -0.2) is 4.68 Å². The van der Waals surface area contributed by atoms with Gasteiger partial charge in [-0.3, -0.25) is 14.4 Å². The minimum absolute atomic E-state index is 0.00860. The Labute approximate surface area is 219 Å². The lowest BCUT2D eigenvalue weighted by atomic mass is 9.85. The Morgan fingerprint density at radius 3 is 2.49 bits per heavy atom. The first-order valence-corrected chi connectivity index (χ1v) is 14.1. The van der Waals surface area contributed by atoms with Crippen LogP contribution in [0.2, 0.25) is 0 Å². The molecule has 2 aliphatic heterocycles. The molecule has 37 heavy (non-hydrogen) atoms. The first kappa shape index (κ1) is 26.1. The summed E-state index contributed by atoms with van der Waals surface area (Å²) in [5, 5.41) is 22.0. The van der Waals surface area contributed by atoms with Crippen molar-refractivity contribution in [1.82, 2.24) is 30.1 Å². The van der Waals surface area contributed by atoms with E-state index < -0.39 is 29.6 Å². The van der Waals surface area contributed by atoms with E-state index in [0.29, 0.717) is 12.3 Å². The Kier molecular flexibility index (Phi) is 7.31. The smallest absolute Gasteiger partial charge is 0.248 e. The summed E-state index contributed by atoms with van der Waals surface area (Å²) in [5.41, 5.74) is 0.413. The van der Waals surface area contributed by atoms with Crippen molar-refractivity contribution in [2.24, 2.45) is 5.41 Å². The molecule has 4 aliphatic rings. The van der Waals surface area contributed by atoms with Crippen LogP contribution in [0.3, 0.4) is 0 Å². The summed E-state index contributed by atoms with van der Waals surface area (Å²) in [5.74, 6) is -0.211. The number of hydrogen-bond acceptors (Lipinski definition) is 6. The molecule has 3 amide bonds. The van der Waals surface area contributed by atoms with Crippen LogP contribution in [0.1, 0.15) is 103 Å². The van der Waals surface area contributed by atoms with Crippen LogP contribution in [0.4, 0.5) is 0 Å². The van der Waals surface area contributed by atoms with E-state index in [9.17, 15) is 19.5 Å². The van der Waals surface area contributed by atoms with E-state index in [1.54, 1.807) is 4.68 Å². The molecule has 2 aliphatic carbocycles. The number of hydrogen-bond donors (Lipinski definition) is 2. The molecule has 4 fully saturated rings. The van der Waals surface area contributed by atoms with E-state index in [0.717, 1.165) is 57.2 Å². The molecule has 5 rings (SSSR count). The quantitative estimate of drug-likeness (QED) is 0.600. The first-order valence-electron chi connectivity index (χ1n) is 14.1. The number of β-amino-alcohol motifs (C(OH)–C–C–N with tert-alkyl or cyclic N) is 1. The van der Waals surface area contributed by atoms with Gasteiger partial charge in [-0.05, 0) is 43.9 Å². The fourth-order valence-corrected chi connectivity index (χ4v) is 6.38. The van der Waals surface area contributed by atoms with Crippen LogP contribution in [0.25, 0.3) is 0 Å². The summed E-state index contributed by atoms with van der Waals surface area (Å²) in [4.78, 5) is 44.2. The number of piperidine rings is 1. The van der Waals surface area contributed by atoms with E-state index >= 15 is 0 Å². The highest BCUT2D eigenvalue weighted by Crippen LogP contribution is 2.40. The lowest BCUT2D eigenvalue weighted by Crippen LogP contribution is -2.58. The Hall–Kier alpha value is -2.49. The fourth-order valence-electron chi connectivity index (χ4n) is 6.38. The zero-order chi connectivity index (χ0) is 26.3. The molecule has 10 nitrogen and oxygen atoms in total. The van der Waals surface area contributed by atoms with E-state index in [-0.39, 0.29) is 36.7 Å².